The van der Waals surface area contributed by atoms with Crippen molar-refractivity contribution in [2.45, 2.75) is 19.8 Å². The second-order valence-corrected chi connectivity index (χ2v) is 6.19. The van der Waals surface area contributed by atoms with Gasteiger partial charge in [-0.2, -0.15) is 10.2 Å². The van der Waals surface area contributed by atoms with Crippen LogP contribution in [0.1, 0.15) is 18.9 Å². The molecule has 7 nitrogen and oxygen atoms in total. The largest absolute Gasteiger partial charge is 0.323 e. The van der Waals surface area contributed by atoms with Crippen LogP contribution in [-0.2, 0) is 13.5 Å². The van der Waals surface area contributed by atoms with Gasteiger partial charge in [0.15, 0.2) is 5.82 Å². The molecule has 0 radical (unpaired) electrons. The molecule has 4 aromatic rings. The second-order valence-electron chi connectivity index (χ2n) is 6.19. The molecule has 0 unspecified atom stereocenters. The Balaban J connectivity index is 1.65. The molecule has 0 fully saturated rings. The Hall–Kier alpha value is -3.35. The van der Waals surface area contributed by atoms with Gasteiger partial charge in [-0.3, -0.25) is 9.67 Å². The van der Waals surface area contributed by atoms with Gasteiger partial charge in [-0.1, -0.05) is 13.3 Å². The maximum atomic E-state index is 4.67. The van der Waals surface area contributed by atoms with Crippen molar-refractivity contribution in [1.82, 2.24) is 29.9 Å². The lowest BCUT2D eigenvalue weighted by Gasteiger charge is -2.07. The Kier molecular flexibility index (Phi) is 4.27. The highest BCUT2D eigenvalue weighted by Gasteiger charge is 2.06. The minimum atomic E-state index is 0.694. The summed E-state index contributed by atoms with van der Waals surface area (Å²) in [6.45, 7) is 2.14. The van der Waals surface area contributed by atoms with Crippen LogP contribution in [-0.4, -0.2) is 29.9 Å². The maximum absolute atomic E-state index is 4.67. The lowest BCUT2D eigenvalue weighted by atomic mass is 10.1. The average Bonchev–Trinajstić information content (AvgIpc) is 3.08. The Labute approximate surface area is 151 Å². The first-order valence-corrected chi connectivity index (χ1v) is 8.56. The van der Waals surface area contributed by atoms with Gasteiger partial charge >= 0.3 is 0 Å². The molecule has 0 aliphatic carbocycles. The predicted octanol–water partition coefficient (Wildman–Crippen LogP) is 3.52. The highest BCUT2D eigenvalue weighted by Crippen LogP contribution is 2.23. The number of fused-ring (bicyclic) bond motifs is 1. The standard InChI is InChI=1S/C19H19N7/c1-3-4-13-7-19(25-21-9-13)24-18-6-5-16-17(23-18)8-14(10-20-16)15-11-22-26(2)12-15/h5-12H,3-4H2,1-2H3,(H,23,24,25). The zero-order valence-electron chi connectivity index (χ0n) is 14.7. The van der Waals surface area contributed by atoms with E-state index in [1.165, 1.54) is 0 Å². The monoisotopic (exact) mass is 345 g/mol. The van der Waals surface area contributed by atoms with Gasteiger partial charge in [0.05, 0.1) is 23.4 Å². The molecule has 0 atom stereocenters. The third-order valence-electron chi connectivity index (χ3n) is 4.08. The van der Waals surface area contributed by atoms with Crippen molar-refractivity contribution in [2.24, 2.45) is 7.05 Å². The van der Waals surface area contributed by atoms with Crippen LogP contribution in [0.15, 0.2) is 49.1 Å². The summed E-state index contributed by atoms with van der Waals surface area (Å²) in [6, 6.07) is 7.87. The number of anilines is 2. The van der Waals surface area contributed by atoms with E-state index in [1.807, 2.05) is 49.9 Å². The molecule has 130 valence electrons. The van der Waals surface area contributed by atoms with Crippen molar-refractivity contribution in [1.29, 1.82) is 0 Å². The van der Waals surface area contributed by atoms with Gasteiger partial charge in [0.25, 0.3) is 0 Å². The fraction of sp³-hybridized carbons (Fsp3) is 0.211. The summed E-state index contributed by atoms with van der Waals surface area (Å²) in [5, 5.41) is 15.6. The van der Waals surface area contributed by atoms with E-state index in [2.05, 4.69) is 37.5 Å². The molecule has 0 amide bonds. The van der Waals surface area contributed by atoms with Crippen molar-refractivity contribution < 1.29 is 0 Å². The van der Waals surface area contributed by atoms with Gasteiger partial charge in [0.1, 0.15) is 5.82 Å². The number of hydrogen-bond acceptors (Lipinski definition) is 6. The summed E-state index contributed by atoms with van der Waals surface area (Å²) in [7, 11) is 1.89. The highest BCUT2D eigenvalue weighted by molar-refractivity contribution is 5.81. The molecule has 4 rings (SSSR count). The maximum Gasteiger partial charge on any atom is 0.154 e. The summed E-state index contributed by atoms with van der Waals surface area (Å²) < 4.78 is 1.77. The molecule has 26 heavy (non-hydrogen) atoms. The number of hydrogen-bond donors (Lipinski definition) is 1. The van der Waals surface area contributed by atoms with Gasteiger partial charge in [-0.25, -0.2) is 4.98 Å². The normalized spacial score (nSPS) is 11.0. The lowest BCUT2D eigenvalue weighted by Crippen LogP contribution is -1.99. The van der Waals surface area contributed by atoms with Crippen molar-refractivity contribution in [3.63, 3.8) is 0 Å². The number of pyridine rings is 2. The molecule has 0 saturated heterocycles. The van der Waals surface area contributed by atoms with Gasteiger partial charge in [0, 0.05) is 30.6 Å². The Morgan fingerprint density at radius 1 is 1.00 bits per heavy atom. The fourth-order valence-corrected chi connectivity index (χ4v) is 2.83. The van der Waals surface area contributed by atoms with Crippen LogP contribution in [0.4, 0.5) is 11.6 Å². The van der Waals surface area contributed by atoms with E-state index in [0.717, 1.165) is 40.6 Å². The molecular formula is C19H19N7. The molecule has 0 aliphatic heterocycles. The second kappa shape index (κ2) is 6.87. The van der Waals surface area contributed by atoms with Crippen molar-refractivity contribution in [3.8, 4) is 11.1 Å². The topological polar surface area (TPSA) is 81.4 Å². The van der Waals surface area contributed by atoms with Crippen LogP contribution in [0, 0.1) is 0 Å². The Morgan fingerprint density at radius 3 is 2.73 bits per heavy atom. The van der Waals surface area contributed by atoms with E-state index in [-0.39, 0.29) is 0 Å². The number of aromatic nitrogens is 6. The summed E-state index contributed by atoms with van der Waals surface area (Å²) in [4.78, 5) is 9.17. The third-order valence-corrected chi connectivity index (χ3v) is 4.08. The van der Waals surface area contributed by atoms with Crippen LogP contribution in [0.5, 0.6) is 0 Å². The van der Waals surface area contributed by atoms with Gasteiger partial charge in [-0.05, 0) is 36.2 Å². The first kappa shape index (κ1) is 16.1. The average molecular weight is 345 g/mol. The first-order valence-electron chi connectivity index (χ1n) is 8.56. The summed E-state index contributed by atoms with van der Waals surface area (Å²) >= 11 is 0. The van der Waals surface area contributed by atoms with E-state index < -0.39 is 0 Å². The van der Waals surface area contributed by atoms with Crippen LogP contribution in [0.25, 0.3) is 22.2 Å². The number of nitrogens with zero attached hydrogens (tertiary/aromatic N) is 6. The van der Waals surface area contributed by atoms with E-state index in [1.54, 1.807) is 10.9 Å². The molecule has 0 aliphatic rings. The van der Waals surface area contributed by atoms with Gasteiger partial charge in [-0.15, -0.1) is 5.10 Å². The van der Waals surface area contributed by atoms with Gasteiger partial charge < -0.3 is 5.32 Å². The van der Waals surface area contributed by atoms with Crippen molar-refractivity contribution in [3.05, 3.63) is 54.6 Å². The smallest absolute Gasteiger partial charge is 0.154 e. The molecule has 0 aromatic carbocycles. The number of nitrogens with one attached hydrogen (secondary N) is 1. The van der Waals surface area contributed by atoms with Gasteiger partial charge in [0.2, 0.25) is 0 Å². The Morgan fingerprint density at radius 2 is 1.92 bits per heavy atom. The quantitative estimate of drug-likeness (QED) is 0.596. The zero-order valence-corrected chi connectivity index (χ0v) is 14.7. The Bertz CT molecular complexity index is 1050. The van der Waals surface area contributed by atoms with E-state index >= 15 is 0 Å². The number of rotatable bonds is 5. The first-order chi connectivity index (χ1) is 12.7. The van der Waals surface area contributed by atoms with E-state index in [4.69, 9.17) is 0 Å². The molecule has 0 spiro atoms. The molecule has 0 bridgehead atoms. The highest BCUT2D eigenvalue weighted by atomic mass is 15.2. The molecular weight excluding hydrogens is 326 g/mol. The van der Waals surface area contributed by atoms with Crippen LogP contribution >= 0.6 is 0 Å². The molecule has 4 aromatic heterocycles. The zero-order chi connectivity index (χ0) is 17.9. The summed E-state index contributed by atoms with van der Waals surface area (Å²) in [5.74, 6) is 1.41. The third kappa shape index (κ3) is 3.37. The number of aryl methyl sites for hydroxylation is 2. The van der Waals surface area contributed by atoms with Crippen LogP contribution < -0.4 is 5.32 Å². The molecule has 1 N–H and O–H groups in total. The SMILES string of the molecule is CCCc1cnnc(Nc2ccc3ncc(-c4cnn(C)c4)cc3n2)c1. The van der Waals surface area contributed by atoms with Crippen LogP contribution in [0.2, 0.25) is 0 Å². The van der Waals surface area contributed by atoms with Crippen molar-refractivity contribution in [2.75, 3.05) is 5.32 Å². The minimum Gasteiger partial charge on any atom is -0.323 e. The minimum absolute atomic E-state index is 0.694. The molecule has 4 heterocycles. The predicted molar refractivity (Wildman–Crippen MR) is 101 cm³/mol. The molecule has 7 heteroatoms. The van der Waals surface area contributed by atoms with E-state index in [9.17, 15) is 0 Å². The molecule has 0 saturated carbocycles. The van der Waals surface area contributed by atoms with E-state index in [0.29, 0.717) is 11.6 Å². The summed E-state index contributed by atoms with van der Waals surface area (Å²) in [6.07, 6.45) is 9.47. The fourth-order valence-electron chi connectivity index (χ4n) is 2.83. The van der Waals surface area contributed by atoms with Crippen LogP contribution in [0.3, 0.4) is 0 Å². The lowest BCUT2D eigenvalue weighted by molar-refractivity contribution is 0.768. The summed E-state index contributed by atoms with van der Waals surface area (Å²) in [5.41, 5.74) is 4.81. The van der Waals surface area contributed by atoms with Crippen molar-refractivity contribution >= 4 is 22.7 Å².